The number of aromatic nitrogens is 1. The van der Waals surface area contributed by atoms with Crippen LogP contribution in [-0.4, -0.2) is 57.8 Å². The van der Waals surface area contributed by atoms with Crippen LogP contribution in [0.3, 0.4) is 0 Å². The number of carbonyl (C=O) groups is 3. The first kappa shape index (κ1) is 26.4. The van der Waals surface area contributed by atoms with E-state index in [0.717, 1.165) is 17.0 Å². The van der Waals surface area contributed by atoms with Gasteiger partial charge in [0, 0.05) is 13.1 Å². The van der Waals surface area contributed by atoms with Gasteiger partial charge in [-0.3, -0.25) is 14.4 Å². The number of benzene rings is 1. The third-order valence-electron chi connectivity index (χ3n) is 7.14. The summed E-state index contributed by atoms with van der Waals surface area (Å²) in [5.74, 6) is -3.23. The molecule has 198 valence electrons. The van der Waals surface area contributed by atoms with Gasteiger partial charge >= 0.3 is 18.0 Å². The van der Waals surface area contributed by atoms with Crippen molar-refractivity contribution >= 4 is 29.2 Å². The first-order chi connectivity index (χ1) is 17.4. The molecule has 37 heavy (non-hydrogen) atoms. The number of pyridine rings is 1. The summed E-state index contributed by atoms with van der Waals surface area (Å²) in [6.07, 6.45) is -3.41. The number of piperazine rings is 1. The van der Waals surface area contributed by atoms with Gasteiger partial charge in [0.2, 0.25) is 5.91 Å². The van der Waals surface area contributed by atoms with Gasteiger partial charge < -0.3 is 20.9 Å². The standard InChI is InChI=1S/C25H27F4N5O3/c1-3-15-12-18(13-31-20(15)30)32-21(35)22(36)34-11-10-33(23(37)24(8-9-24)25(27,28)29)14(2)19(34)16-4-6-17(26)7-5-16/h4-7,12-14,19H,3,8-11H2,1-2H3,(H2,30,31)(H,32,35)/t14-,19+/m0/s1. The zero-order valence-corrected chi connectivity index (χ0v) is 20.3. The van der Waals surface area contributed by atoms with Crippen molar-refractivity contribution in [1.29, 1.82) is 0 Å². The maximum Gasteiger partial charge on any atom is 0.403 e. The number of hydrogen-bond acceptors (Lipinski definition) is 5. The van der Waals surface area contributed by atoms with Crippen LogP contribution < -0.4 is 11.1 Å². The average Bonchev–Trinajstić information content (AvgIpc) is 3.67. The Balaban J connectivity index is 1.61. The van der Waals surface area contributed by atoms with Crippen LogP contribution in [0.5, 0.6) is 0 Å². The highest BCUT2D eigenvalue weighted by Gasteiger charge is 2.70. The Morgan fingerprint density at radius 2 is 1.76 bits per heavy atom. The van der Waals surface area contributed by atoms with Crippen LogP contribution >= 0.6 is 0 Å². The minimum atomic E-state index is -4.69. The molecule has 0 spiro atoms. The molecule has 8 nitrogen and oxygen atoms in total. The molecule has 0 bridgehead atoms. The highest BCUT2D eigenvalue weighted by Crippen LogP contribution is 2.59. The lowest BCUT2D eigenvalue weighted by Crippen LogP contribution is -2.60. The smallest absolute Gasteiger partial charge is 0.383 e. The Kier molecular flexibility index (Phi) is 6.87. The van der Waals surface area contributed by atoms with E-state index in [4.69, 9.17) is 5.73 Å². The third kappa shape index (κ3) is 4.84. The Morgan fingerprint density at radius 3 is 2.32 bits per heavy atom. The summed E-state index contributed by atoms with van der Waals surface area (Å²) < 4.78 is 54.6. The van der Waals surface area contributed by atoms with Gasteiger partial charge in [-0.05, 0) is 55.5 Å². The second-order valence-corrected chi connectivity index (χ2v) is 9.39. The summed E-state index contributed by atoms with van der Waals surface area (Å²) >= 11 is 0. The molecule has 0 radical (unpaired) electrons. The lowest BCUT2D eigenvalue weighted by molar-refractivity contribution is -0.202. The Hall–Kier alpha value is -3.70. The number of carbonyl (C=O) groups excluding carboxylic acids is 3. The van der Waals surface area contributed by atoms with Crippen molar-refractivity contribution in [3.05, 3.63) is 53.5 Å². The molecule has 2 aromatic rings. The number of nitrogen functional groups attached to an aromatic ring is 1. The van der Waals surface area contributed by atoms with Gasteiger partial charge in [0.1, 0.15) is 17.1 Å². The zero-order chi connectivity index (χ0) is 27.1. The van der Waals surface area contributed by atoms with Gasteiger partial charge in [-0.15, -0.1) is 0 Å². The predicted octanol–water partition coefficient (Wildman–Crippen LogP) is 3.45. The highest BCUT2D eigenvalue weighted by molar-refractivity contribution is 6.39. The first-order valence-electron chi connectivity index (χ1n) is 11.9. The second-order valence-electron chi connectivity index (χ2n) is 9.39. The number of amides is 3. The van der Waals surface area contributed by atoms with Crippen LogP contribution in [0.4, 0.5) is 29.1 Å². The summed E-state index contributed by atoms with van der Waals surface area (Å²) in [6.45, 7) is 3.01. The van der Waals surface area contributed by atoms with E-state index >= 15 is 0 Å². The fourth-order valence-corrected chi connectivity index (χ4v) is 4.83. The molecule has 3 N–H and O–H groups in total. The fourth-order valence-electron chi connectivity index (χ4n) is 4.83. The lowest BCUT2D eigenvalue weighted by Gasteiger charge is -2.47. The summed E-state index contributed by atoms with van der Waals surface area (Å²) in [5.41, 5.74) is 4.68. The third-order valence-corrected chi connectivity index (χ3v) is 7.14. The van der Waals surface area contributed by atoms with Gasteiger partial charge in [0.25, 0.3) is 0 Å². The molecule has 1 aromatic carbocycles. The van der Waals surface area contributed by atoms with Gasteiger partial charge in [0.15, 0.2) is 0 Å². The van der Waals surface area contributed by atoms with Gasteiger partial charge in [-0.25, -0.2) is 9.37 Å². The number of aryl methyl sites for hydroxylation is 1. The zero-order valence-electron chi connectivity index (χ0n) is 20.3. The number of anilines is 2. The summed E-state index contributed by atoms with van der Waals surface area (Å²) in [5, 5.41) is 2.49. The van der Waals surface area contributed by atoms with Crippen LogP contribution in [-0.2, 0) is 20.8 Å². The molecule has 2 aliphatic rings. The number of hydrogen-bond donors (Lipinski definition) is 2. The molecule has 2 fully saturated rings. The Morgan fingerprint density at radius 1 is 1.14 bits per heavy atom. The maximum absolute atomic E-state index is 13.7. The lowest BCUT2D eigenvalue weighted by atomic mass is 9.92. The van der Waals surface area contributed by atoms with Crippen LogP contribution in [0.2, 0.25) is 0 Å². The van der Waals surface area contributed by atoms with Crippen LogP contribution in [0.1, 0.15) is 43.9 Å². The van der Waals surface area contributed by atoms with E-state index in [1.807, 2.05) is 6.92 Å². The normalized spacial score (nSPS) is 20.9. The molecule has 1 aliphatic carbocycles. The van der Waals surface area contributed by atoms with Crippen molar-refractivity contribution in [2.24, 2.45) is 5.41 Å². The second kappa shape index (κ2) is 9.64. The van der Waals surface area contributed by atoms with Crippen molar-refractivity contribution in [2.75, 3.05) is 24.1 Å². The van der Waals surface area contributed by atoms with Crippen LogP contribution in [0, 0.1) is 11.2 Å². The van der Waals surface area contributed by atoms with Gasteiger partial charge in [-0.1, -0.05) is 19.1 Å². The molecule has 1 saturated heterocycles. The molecule has 12 heteroatoms. The molecule has 2 heterocycles. The largest absolute Gasteiger partial charge is 0.403 e. The van der Waals surface area contributed by atoms with Crippen molar-refractivity contribution in [3.8, 4) is 0 Å². The quantitative estimate of drug-likeness (QED) is 0.473. The summed E-state index contributed by atoms with van der Waals surface area (Å²) in [6, 6.07) is 4.78. The van der Waals surface area contributed by atoms with Gasteiger partial charge in [-0.2, -0.15) is 13.2 Å². The molecule has 3 amide bonds. The Labute approximate surface area is 210 Å². The van der Waals surface area contributed by atoms with E-state index < -0.39 is 47.2 Å². The number of nitrogens with two attached hydrogens (primary N) is 1. The first-order valence-corrected chi connectivity index (χ1v) is 11.9. The van der Waals surface area contributed by atoms with Crippen molar-refractivity contribution in [3.63, 3.8) is 0 Å². The predicted molar refractivity (Wildman–Crippen MR) is 126 cm³/mol. The number of alkyl halides is 3. The van der Waals surface area contributed by atoms with Crippen LogP contribution in [0.25, 0.3) is 0 Å². The fraction of sp³-hybridized carbons (Fsp3) is 0.440. The monoisotopic (exact) mass is 521 g/mol. The average molecular weight is 522 g/mol. The number of nitrogens with zero attached hydrogens (tertiary/aromatic N) is 3. The summed E-state index contributed by atoms with van der Waals surface area (Å²) in [7, 11) is 0. The molecular formula is C25H27F4N5O3. The highest BCUT2D eigenvalue weighted by atomic mass is 19.4. The minimum Gasteiger partial charge on any atom is -0.383 e. The van der Waals surface area contributed by atoms with E-state index in [0.29, 0.717) is 23.4 Å². The molecule has 0 unspecified atom stereocenters. The van der Waals surface area contributed by atoms with E-state index in [1.165, 1.54) is 30.2 Å². The van der Waals surface area contributed by atoms with Crippen molar-refractivity contribution in [1.82, 2.24) is 14.8 Å². The Bertz CT molecular complexity index is 1210. The molecule has 1 saturated carbocycles. The topological polar surface area (TPSA) is 109 Å². The van der Waals surface area contributed by atoms with E-state index in [9.17, 15) is 31.9 Å². The minimum absolute atomic E-state index is 0.182. The number of nitrogens with one attached hydrogen (secondary N) is 1. The maximum atomic E-state index is 13.7. The van der Waals surface area contributed by atoms with Crippen molar-refractivity contribution in [2.45, 2.75) is 51.4 Å². The van der Waals surface area contributed by atoms with E-state index in [-0.39, 0.29) is 31.6 Å². The number of rotatable bonds is 4. The number of halogens is 4. The van der Waals surface area contributed by atoms with Crippen molar-refractivity contribution < 1.29 is 31.9 Å². The molecule has 1 aliphatic heterocycles. The molecule has 1 aromatic heterocycles. The molecule has 2 atom stereocenters. The van der Waals surface area contributed by atoms with E-state index in [1.54, 1.807) is 6.07 Å². The molecule has 4 rings (SSSR count). The van der Waals surface area contributed by atoms with Crippen LogP contribution in [0.15, 0.2) is 36.5 Å². The van der Waals surface area contributed by atoms with Gasteiger partial charge in [0.05, 0.1) is 24.0 Å². The SMILES string of the molecule is CCc1cc(NC(=O)C(=O)N2CCN(C(=O)C3(C(F)(F)F)CC3)[C@@H](C)[C@@H]2c2ccc(F)cc2)cnc1N. The summed E-state index contributed by atoms with van der Waals surface area (Å²) in [4.78, 5) is 45.6. The molecular weight excluding hydrogens is 494 g/mol. The van der Waals surface area contributed by atoms with E-state index in [2.05, 4.69) is 10.3 Å².